The number of benzene rings is 2. The fourth-order valence-electron chi connectivity index (χ4n) is 2.89. The number of rotatable bonds is 4. The molecule has 1 saturated carbocycles. The predicted octanol–water partition coefficient (Wildman–Crippen LogP) is 4.83. The molecule has 0 saturated heterocycles. The van der Waals surface area contributed by atoms with E-state index >= 15 is 0 Å². The van der Waals surface area contributed by atoms with Gasteiger partial charge in [-0.05, 0) is 34.4 Å². The molecular weight excluding hydrogens is 284 g/mol. The Labute approximate surface area is 138 Å². The van der Waals surface area contributed by atoms with Crippen molar-refractivity contribution < 1.29 is 9.53 Å². The van der Waals surface area contributed by atoms with Gasteiger partial charge in [-0.25, -0.2) is 0 Å². The van der Waals surface area contributed by atoms with Gasteiger partial charge in [0, 0.05) is 0 Å². The van der Waals surface area contributed by atoms with E-state index in [-0.39, 0.29) is 17.3 Å². The fraction of sp³-hybridized carbons (Fsp3) is 0.381. The summed E-state index contributed by atoms with van der Waals surface area (Å²) in [5.74, 6) is 0.283. The van der Waals surface area contributed by atoms with Crippen LogP contribution in [0.15, 0.2) is 54.6 Å². The molecule has 23 heavy (non-hydrogen) atoms. The highest BCUT2D eigenvalue weighted by Crippen LogP contribution is 2.48. The Kier molecular flexibility index (Phi) is 4.25. The van der Waals surface area contributed by atoms with Gasteiger partial charge in [0.15, 0.2) is 0 Å². The monoisotopic (exact) mass is 308 g/mol. The molecule has 0 bridgehead atoms. The molecule has 2 atom stereocenters. The number of hydrogen-bond donors (Lipinski definition) is 0. The number of carbonyl (C=O) groups excluding carboxylic acids is 1. The van der Waals surface area contributed by atoms with E-state index in [0.29, 0.717) is 12.5 Å². The average molecular weight is 308 g/mol. The third-order valence-electron chi connectivity index (χ3n) is 4.52. The van der Waals surface area contributed by atoms with E-state index in [1.54, 1.807) is 0 Å². The van der Waals surface area contributed by atoms with Crippen LogP contribution in [0.2, 0.25) is 0 Å². The SMILES string of the molecule is CC(C)(C)c1ccc([C@@H]2C[C@H]2C(=O)OCc2ccccc2)cc1. The first-order chi connectivity index (χ1) is 10.9. The quantitative estimate of drug-likeness (QED) is 0.756. The van der Waals surface area contributed by atoms with Gasteiger partial charge in [-0.3, -0.25) is 4.79 Å². The van der Waals surface area contributed by atoms with Crippen molar-refractivity contribution >= 4 is 5.97 Å². The molecule has 0 aliphatic heterocycles. The van der Waals surface area contributed by atoms with Gasteiger partial charge in [0.2, 0.25) is 0 Å². The van der Waals surface area contributed by atoms with E-state index < -0.39 is 0 Å². The van der Waals surface area contributed by atoms with E-state index in [1.165, 1.54) is 11.1 Å². The van der Waals surface area contributed by atoms with Gasteiger partial charge in [0.05, 0.1) is 5.92 Å². The van der Waals surface area contributed by atoms with E-state index in [9.17, 15) is 4.79 Å². The molecule has 2 aromatic rings. The van der Waals surface area contributed by atoms with E-state index in [0.717, 1.165) is 12.0 Å². The largest absolute Gasteiger partial charge is 0.461 e. The molecule has 0 unspecified atom stereocenters. The topological polar surface area (TPSA) is 26.3 Å². The molecule has 1 aliphatic rings. The zero-order chi connectivity index (χ0) is 16.4. The van der Waals surface area contributed by atoms with E-state index in [4.69, 9.17) is 4.74 Å². The number of ether oxygens (including phenoxy) is 1. The first-order valence-corrected chi connectivity index (χ1v) is 8.26. The molecular formula is C21H24O2. The molecule has 1 aliphatic carbocycles. The zero-order valence-corrected chi connectivity index (χ0v) is 14.1. The molecule has 2 nitrogen and oxygen atoms in total. The van der Waals surface area contributed by atoms with Crippen molar-refractivity contribution in [2.45, 2.75) is 45.1 Å². The lowest BCUT2D eigenvalue weighted by molar-refractivity contribution is -0.146. The maximum atomic E-state index is 12.2. The van der Waals surface area contributed by atoms with Gasteiger partial charge in [-0.2, -0.15) is 0 Å². The van der Waals surface area contributed by atoms with Crippen molar-refractivity contribution in [3.63, 3.8) is 0 Å². The fourth-order valence-corrected chi connectivity index (χ4v) is 2.89. The van der Waals surface area contributed by atoms with Gasteiger partial charge < -0.3 is 4.74 Å². The van der Waals surface area contributed by atoms with Gasteiger partial charge in [-0.1, -0.05) is 75.4 Å². The molecule has 2 aromatic carbocycles. The Balaban J connectivity index is 1.55. The molecule has 2 heteroatoms. The second-order valence-corrected chi connectivity index (χ2v) is 7.41. The molecule has 1 fully saturated rings. The van der Waals surface area contributed by atoms with Crippen LogP contribution in [0, 0.1) is 5.92 Å². The summed E-state index contributed by atoms with van der Waals surface area (Å²) in [5.41, 5.74) is 3.77. The molecule has 0 heterocycles. The highest BCUT2D eigenvalue weighted by atomic mass is 16.5. The van der Waals surface area contributed by atoms with E-state index in [1.807, 2.05) is 30.3 Å². The Morgan fingerprint density at radius 1 is 1.04 bits per heavy atom. The Morgan fingerprint density at radius 3 is 2.30 bits per heavy atom. The summed E-state index contributed by atoms with van der Waals surface area (Å²) >= 11 is 0. The molecule has 0 spiro atoms. The highest BCUT2D eigenvalue weighted by molar-refractivity contribution is 5.77. The van der Waals surface area contributed by atoms with Gasteiger partial charge in [0.25, 0.3) is 0 Å². The second-order valence-electron chi connectivity index (χ2n) is 7.41. The summed E-state index contributed by atoms with van der Waals surface area (Å²) < 4.78 is 5.44. The average Bonchev–Trinajstić information content (AvgIpc) is 3.34. The maximum absolute atomic E-state index is 12.2. The number of carbonyl (C=O) groups is 1. The molecule has 120 valence electrons. The Hall–Kier alpha value is -2.09. The third kappa shape index (κ3) is 3.82. The first-order valence-electron chi connectivity index (χ1n) is 8.26. The summed E-state index contributed by atoms with van der Waals surface area (Å²) in [6.07, 6.45) is 0.905. The van der Waals surface area contributed by atoms with Gasteiger partial charge in [0.1, 0.15) is 6.61 Å². The van der Waals surface area contributed by atoms with Crippen molar-refractivity contribution in [2.75, 3.05) is 0 Å². The molecule has 3 rings (SSSR count). The summed E-state index contributed by atoms with van der Waals surface area (Å²) in [4.78, 5) is 12.2. The van der Waals surface area contributed by atoms with Crippen LogP contribution < -0.4 is 0 Å². The number of hydrogen-bond acceptors (Lipinski definition) is 2. The van der Waals surface area contributed by atoms with Crippen LogP contribution in [0.3, 0.4) is 0 Å². The minimum atomic E-state index is -0.0706. The van der Waals surface area contributed by atoms with Crippen molar-refractivity contribution in [2.24, 2.45) is 5.92 Å². The summed E-state index contributed by atoms with van der Waals surface area (Å²) in [6.45, 7) is 7.00. The molecule has 0 radical (unpaired) electrons. The van der Waals surface area contributed by atoms with E-state index in [2.05, 4.69) is 45.0 Å². The van der Waals surface area contributed by atoms with Crippen molar-refractivity contribution in [1.29, 1.82) is 0 Å². The van der Waals surface area contributed by atoms with Gasteiger partial charge in [-0.15, -0.1) is 0 Å². The number of esters is 1. The van der Waals surface area contributed by atoms with Crippen LogP contribution in [0.25, 0.3) is 0 Å². The van der Waals surface area contributed by atoms with Gasteiger partial charge >= 0.3 is 5.97 Å². The zero-order valence-electron chi connectivity index (χ0n) is 14.1. The van der Waals surface area contributed by atoms with Crippen LogP contribution in [0.5, 0.6) is 0 Å². The second kappa shape index (κ2) is 6.19. The van der Waals surface area contributed by atoms with Crippen molar-refractivity contribution in [1.82, 2.24) is 0 Å². The highest BCUT2D eigenvalue weighted by Gasteiger charge is 2.45. The lowest BCUT2D eigenvalue weighted by atomic mass is 9.86. The van der Waals surface area contributed by atoms with Crippen LogP contribution >= 0.6 is 0 Å². The Morgan fingerprint density at radius 2 is 1.70 bits per heavy atom. The molecule has 0 aromatic heterocycles. The van der Waals surface area contributed by atoms with Crippen LogP contribution in [-0.4, -0.2) is 5.97 Å². The maximum Gasteiger partial charge on any atom is 0.309 e. The molecule has 0 N–H and O–H groups in total. The van der Waals surface area contributed by atoms with Crippen molar-refractivity contribution in [3.8, 4) is 0 Å². The van der Waals surface area contributed by atoms with Crippen LogP contribution in [-0.2, 0) is 21.6 Å². The summed E-state index contributed by atoms with van der Waals surface area (Å²) in [7, 11) is 0. The van der Waals surface area contributed by atoms with Crippen LogP contribution in [0.4, 0.5) is 0 Å². The minimum Gasteiger partial charge on any atom is -0.461 e. The van der Waals surface area contributed by atoms with Crippen molar-refractivity contribution in [3.05, 3.63) is 71.3 Å². The predicted molar refractivity (Wildman–Crippen MR) is 92.2 cm³/mol. The first kappa shape index (κ1) is 15.8. The third-order valence-corrected chi connectivity index (χ3v) is 4.52. The lowest BCUT2D eigenvalue weighted by Crippen LogP contribution is -2.11. The summed E-state index contributed by atoms with van der Waals surface area (Å²) in [6, 6.07) is 18.5. The van der Waals surface area contributed by atoms with Crippen LogP contribution in [0.1, 0.15) is 49.8 Å². The smallest absolute Gasteiger partial charge is 0.309 e. The standard InChI is InChI=1S/C21H24O2/c1-21(2,3)17-11-9-16(10-12-17)18-13-19(18)20(22)23-14-15-7-5-4-6-8-15/h4-12,18-19H,13-14H2,1-3H3/t18-,19+/m0/s1. The summed E-state index contributed by atoms with van der Waals surface area (Å²) in [5, 5.41) is 0. The molecule has 0 amide bonds. The normalized spacial score (nSPS) is 20.1. The Bertz CT molecular complexity index is 665. The lowest BCUT2D eigenvalue weighted by Gasteiger charge is -2.19. The minimum absolute atomic E-state index is 0.0270.